The normalized spacial score (nSPS) is 10.9. The van der Waals surface area contributed by atoms with Crippen molar-refractivity contribution >= 4 is 44.8 Å². The number of carbonyl (C=O) groups excluding carboxylic acids is 2. The zero-order chi connectivity index (χ0) is 15.7. The molecule has 0 spiro atoms. The minimum absolute atomic E-state index is 0.0409. The van der Waals surface area contributed by atoms with E-state index in [0.29, 0.717) is 0 Å². The third-order valence-corrected chi connectivity index (χ3v) is 3.42. The quantitative estimate of drug-likeness (QED) is 0.327. The summed E-state index contributed by atoms with van der Waals surface area (Å²) in [5, 5.41) is 13.3. The van der Waals surface area contributed by atoms with Crippen LogP contribution in [-0.4, -0.2) is 16.7 Å². The Bertz CT molecular complexity index is 600. The van der Waals surface area contributed by atoms with Crippen molar-refractivity contribution in [3.63, 3.8) is 0 Å². The van der Waals surface area contributed by atoms with Crippen LogP contribution in [0.25, 0.3) is 0 Å². The van der Waals surface area contributed by atoms with Crippen molar-refractivity contribution < 1.29 is 14.5 Å². The molecule has 0 saturated carbocycles. The van der Waals surface area contributed by atoms with Crippen molar-refractivity contribution in [3.05, 3.63) is 26.7 Å². The summed E-state index contributed by atoms with van der Waals surface area (Å²) in [4.78, 5) is 33.3. The van der Waals surface area contributed by atoms with Crippen LogP contribution >= 0.6 is 15.9 Å². The van der Waals surface area contributed by atoms with Gasteiger partial charge in [-0.15, -0.1) is 0 Å². The number of nitrogens with one attached hydrogen (secondary N) is 1. The third kappa shape index (κ3) is 2.87. The Kier molecular flexibility index (Phi) is 4.33. The number of halogens is 1. The van der Waals surface area contributed by atoms with E-state index >= 15 is 0 Å². The molecule has 1 rings (SSSR count). The smallest absolute Gasteiger partial charge is 0.308 e. The van der Waals surface area contributed by atoms with Gasteiger partial charge in [0.1, 0.15) is 11.1 Å². The van der Waals surface area contributed by atoms with Crippen LogP contribution in [0.5, 0.6) is 0 Å². The van der Waals surface area contributed by atoms with Gasteiger partial charge in [0.15, 0.2) is 0 Å². The summed E-state index contributed by atoms with van der Waals surface area (Å²) in [5.41, 5.74) is 8.77. The van der Waals surface area contributed by atoms with Gasteiger partial charge in [0, 0.05) is 0 Å². The number of carbonyl (C=O) groups is 2. The van der Waals surface area contributed by atoms with E-state index in [1.54, 1.807) is 0 Å². The van der Waals surface area contributed by atoms with E-state index in [0.717, 1.165) is 0 Å². The van der Waals surface area contributed by atoms with Gasteiger partial charge in [-0.3, -0.25) is 19.7 Å². The standard InChI is InChI=1S/C11H13BrN4O4/c1-11(2,9(14)17)10(18)15-6-4-3-5(12)8(7(6)13)16(19)20/h3-4H,13H2,1-2H3,(H2,14,17)(H,15,18). The molecule has 0 aliphatic heterocycles. The van der Waals surface area contributed by atoms with E-state index in [2.05, 4.69) is 21.2 Å². The van der Waals surface area contributed by atoms with E-state index in [4.69, 9.17) is 11.5 Å². The van der Waals surface area contributed by atoms with Crippen molar-refractivity contribution in [2.75, 3.05) is 11.1 Å². The van der Waals surface area contributed by atoms with Gasteiger partial charge in [-0.25, -0.2) is 0 Å². The Morgan fingerprint density at radius 2 is 1.95 bits per heavy atom. The SMILES string of the molecule is CC(C)(C(N)=O)C(=O)Nc1ccc(Br)c([N+](=O)[O-])c1N. The number of nitro groups is 1. The van der Waals surface area contributed by atoms with Crippen LogP contribution in [0.15, 0.2) is 16.6 Å². The third-order valence-electron chi connectivity index (χ3n) is 2.78. The molecule has 0 bridgehead atoms. The molecule has 0 unspecified atom stereocenters. The lowest BCUT2D eigenvalue weighted by Gasteiger charge is -2.20. The first-order chi connectivity index (χ1) is 9.09. The van der Waals surface area contributed by atoms with Crippen LogP contribution < -0.4 is 16.8 Å². The molecule has 0 aliphatic carbocycles. The summed E-state index contributed by atoms with van der Waals surface area (Å²) in [7, 11) is 0. The Balaban J connectivity index is 3.18. The minimum atomic E-state index is -1.46. The van der Waals surface area contributed by atoms with Crippen molar-refractivity contribution in [1.82, 2.24) is 0 Å². The molecule has 5 N–H and O–H groups in total. The highest BCUT2D eigenvalue weighted by molar-refractivity contribution is 9.10. The summed E-state index contributed by atoms with van der Waals surface area (Å²) < 4.78 is 0.187. The molecule has 0 aromatic heterocycles. The van der Waals surface area contributed by atoms with Crippen LogP contribution in [0.4, 0.5) is 17.1 Å². The highest BCUT2D eigenvalue weighted by Gasteiger charge is 2.35. The van der Waals surface area contributed by atoms with Gasteiger partial charge in [-0.2, -0.15) is 0 Å². The van der Waals surface area contributed by atoms with Gasteiger partial charge in [-0.05, 0) is 41.9 Å². The van der Waals surface area contributed by atoms with E-state index < -0.39 is 22.2 Å². The van der Waals surface area contributed by atoms with Crippen LogP contribution in [0.3, 0.4) is 0 Å². The van der Waals surface area contributed by atoms with Crippen LogP contribution in [0.1, 0.15) is 13.8 Å². The van der Waals surface area contributed by atoms with Gasteiger partial charge in [0.2, 0.25) is 11.8 Å². The molecule has 1 aromatic rings. The van der Waals surface area contributed by atoms with Gasteiger partial charge in [0.05, 0.1) is 15.1 Å². The van der Waals surface area contributed by atoms with E-state index in [1.807, 2.05) is 0 Å². The number of benzene rings is 1. The fraction of sp³-hybridized carbons (Fsp3) is 0.273. The maximum atomic E-state index is 11.9. The molecule has 0 fully saturated rings. The number of anilines is 2. The molecule has 0 aliphatic rings. The number of nitro benzene ring substituents is 1. The molecule has 9 heteroatoms. The zero-order valence-electron chi connectivity index (χ0n) is 10.8. The number of nitrogen functional groups attached to an aromatic ring is 1. The molecule has 8 nitrogen and oxygen atoms in total. The molecule has 0 radical (unpaired) electrons. The monoisotopic (exact) mass is 344 g/mol. The van der Waals surface area contributed by atoms with Crippen molar-refractivity contribution in [2.45, 2.75) is 13.8 Å². The maximum Gasteiger partial charge on any atom is 0.308 e. The van der Waals surface area contributed by atoms with Gasteiger partial charge < -0.3 is 16.8 Å². The number of amides is 2. The molecule has 1 aromatic carbocycles. The number of hydrogen-bond donors (Lipinski definition) is 3. The number of nitrogens with zero attached hydrogens (tertiary/aromatic N) is 1. The molecular formula is C11H13BrN4O4. The lowest BCUT2D eigenvalue weighted by molar-refractivity contribution is -0.384. The van der Waals surface area contributed by atoms with E-state index in [9.17, 15) is 19.7 Å². The molecular weight excluding hydrogens is 332 g/mol. The largest absolute Gasteiger partial charge is 0.391 e. The van der Waals surface area contributed by atoms with E-state index in [-0.39, 0.29) is 21.5 Å². The Labute approximate surface area is 122 Å². The maximum absolute atomic E-state index is 11.9. The Morgan fingerprint density at radius 3 is 2.40 bits per heavy atom. The summed E-state index contributed by atoms with van der Waals surface area (Å²) in [6.45, 7) is 2.68. The average Bonchev–Trinajstić information content (AvgIpc) is 2.31. The Morgan fingerprint density at radius 1 is 1.40 bits per heavy atom. The first-order valence-electron chi connectivity index (χ1n) is 5.42. The molecule has 20 heavy (non-hydrogen) atoms. The lowest BCUT2D eigenvalue weighted by Crippen LogP contribution is -2.42. The molecule has 0 atom stereocenters. The van der Waals surface area contributed by atoms with Gasteiger partial charge in [0.25, 0.3) is 0 Å². The second-order valence-corrected chi connectivity index (χ2v) is 5.41. The topological polar surface area (TPSA) is 141 Å². The van der Waals surface area contributed by atoms with Gasteiger partial charge >= 0.3 is 5.69 Å². The first kappa shape index (κ1) is 15.9. The zero-order valence-corrected chi connectivity index (χ0v) is 12.4. The number of nitrogens with two attached hydrogens (primary N) is 2. The van der Waals surface area contributed by atoms with Crippen LogP contribution in [0, 0.1) is 15.5 Å². The summed E-state index contributed by atoms with van der Waals surface area (Å²) >= 11 is 3.00. The van der Waals surface area contributed by atoms with Crippen LogP contribution in [-0.2, 0) is 9.59 Å². The molecule has 0 saturated heterocycles. The highest BCUT2D eigenvalue weighted by Crippen LogP contribution is 2.36. The number of hydrogen-bond acceptors (Lipinski definition) is 5. The molecule has 0 heterocycles. The average molecular weight is 345 g/mol. The first-order valence-corrected chi connectivity index (χ1v) is 6.22. The van der Waals surface area contributed by atoms with Gasteiger partial charge in [-0.1, -0.05) is 0 Å². The Hall–Kier alpha value is -2.16. The summed E-state index contributed by atoms with van der Waals surface area (Å²) in [5.74, 6) is -1.52. The van der Waals surface area contributed by atoms with Crippen molar-refractivity contribution in [1.29, 1.82) is 0 Å². The minimum Gasteiger partial charge on any atom is -0.391 e. The summed E-state index contributed by atoms with van der Waals surface area (Å²) in [6.07, 6.45) is 0. The van der Waals surface area contributed by atoms with Crippen molar-refractivity contribution in [2.24, 2.45) is 11.1 Å². The number of rotatable bonds is 4. The molecule has 108 valence electrons. The predicted octanol–water partition coefficient (Wildman–Crippen LogP) is 1.39. The summed E-state index contributed by atoms with van der Waals surface area (Å²) in [6, 6.07) is 2.77. The van der Waals surface area contributed by atoms with Crippen LogP contribution in [0.2, 0.25) is 0 Å². The van der Waals surface area contributed by atoms with E-state index in [1.165, 1.54) is 26.0 Å². The molecule has 2 amide bonds. The number of primary amides is 1. The highest BCUT2D eigenvalue weighted by atomic mass is 79.9. The second kappa shape index (κ2) is 5.45. The lowest BCUT2D eigenvalue weighted by atomic mass is 9.91. The van der Waals surface area contributed by atoms with Crippen molar-refractivity contribution in [3.8, 4) is 0 Å². The fourth-order valence-electron chi connectivity index (χ4n) is 1.27. The fourth-order valence-corrected chi connectivity index (χ4v) is 1.76. The predicted molar refractivity (Wildman–Crippen MR) is 76.8 cm³/mol. The second-order valence-electron chi connectivity index (χ2n) is 4.56.